The first-order valence-electron chi connectivity index (χ1n) is 11.9. The van der Waals surface area contributed by atoms with Gasteiger partial charge < -0.3 is 15.1 Å². The summed E-state index contributed by atoms with van der Waals surface area (Å²) in [7, 11) is 0. The van der Waals surface area contributed by atoms with E-state index in [0.717, 1.165) is 43.4 Å². The van der Waals surface area contributed by atoms with Gasteiger partial charge in [0.1, 0.15) is 6.04 Å². The van der Waals surface area contributed by atoms with Crippen LogP contribution in [-0.2, 0) is 19.2 Å². The standard InChI is InChI=1S/C24H30N4O4S/c29-19-15-33-24(32)22(19)27-12-2-1-5-20(27)25-23(31)16-13-21(30)28(14-16)18-8-6-17(7-9-18)26-10-3-4-11-26/h6-9,16,20,22H,1-5,10-15H2,(H,25,31). The lowest BCUT2D eigenvalue weighted by molar-refractivity contribution is -0.134. The summed E-state index contributed by atoms with van der Waals surface area (Å²) in [5.41, 5.74) is 1.99. The van der Waals surface area contributed by atoms with Crippen LogP contribution in [0.1, 0.15) is 38.5 Å². The van der Waals surface area contributed by atoms with E-state index in [1.807, 2.05) is 17.0 Å². The molecular formula is C24H30N4O4S. The summed E-state index contributed by atoms with van der Waals surface area (Å²) in [5.74, 6) is -0.540. The van der Waals surface area contributed by atoms with Crippen LogP contribution in [0.2, 0.25) is 0 Å². The maximum atomic E-state index is 13.1. The Balaban J connectivity index is 1.22. The predicted molar refractivity (Wildman–Crippen MR) is 127 cm³/mol. The summed E-state index contributed by atoms with van der Waals surface area (Å²) in [5, 5.41) is 2.93. The molecule has 4 heterocycles. The van der Waals surface area contributed by atoms with Crippen molar-refractivity contribution in [2.45, 2.75) is 50.7 Å². The number of nitrogens with one attached hydrogen (secondary N) is 1. The Labute approximate surface area is 198 Å². The highest BCUT2D eigenvalue weighted by molar-refractivity contribution is 8.15. The number of hydrogen-bond donors (Lipinski definition) is 1. The number of rotatable bonds is 5. The van der Waals surface area contributed by atoms with Crippen molar-refractivity contribution in [2.75, 3.05) is 41.7 Å². The zero-order valence-electron chi connectivity index (χ0n) is 18.7. The SMILES string of the molecule is O=C(NC1CCCCN1C1C(=O)CSC1=O)C1CC(=O)N(c2ccc(N3CCCC3)cc2)C1. The van der Waals surface area contributed by atoms with Gasteiger partial charge in [-0.15, -0.1) is 0 Å². The maximum Gasteiger partial charge on any atom is 0.227 e. The third-order valence-electron chi connectivity index (χ3n) is 7.20. The van der Waals surface area contributed by atoms with Gasteiger partial charge in [-0.05, 0) is 56.4 Å². The molecule has 0 spiro atoms. The predicted octanol–water partition coefficient (Wildman–Crippen LogP) is 1.78. The van der Waals surface area contributed by atoms with Gasteiger partial charge in [0.05, 0.1) is 17.8 Å². The molecule has 8 nitrogen and oxygen atoms in total. The Morgan fingerprint density at radius 2 is 1.64 bits per heavy atom. The van der Waals surface area contributed by atoms with Crippen molar-refractivity contribution >= 4 is 45.8 Å². The smallest absolute Gasteiger partial charge is 0.227 e. The second-order valence-electron chi connectivity index (χ2n) is 9.35. The Morgan fingerprint density at radius 1 is 0.939 bits per heavy atom. The number of amides is 2. The lowest BCUT2D eigenvalue weighted by Gasteiger charge is -2.38. The van der Waals surface area contributed by atoms with Crippen molar-refractivity contribution in [2.24, 2.45) is 5.92 Å². The van der Waals surface area contributed by atoms with Gasteiger partial charge in [0, 0.05) is 44.0 Å². The number of ketones is 1. The third-order valence-corrected chi connectivity index (χ3v) is 8.13. The van der Waals surface area contributed by atoms with Crippen LogP contribution in [0.4, 0.5) is 11.4 Å². The van der Waals surface area contributed by atoms with Gasteiger partial charge >= 0.3 is 0 Å². The number of thioether (sulfide) groups is 1. The van der Waals surface area contributed by atoms with Crippen LogP contribution in [0, 0.1) is 5.92 Å². The third kappa shape index (κ3) is 4.53. The highest BCUT2D eigenvalue weighted by Crippen LogP contribution is 2.30. The molecule has 5 rings (SSSR count). The number of piperidine rings is 1. The fraction of sp³-hybridized carbons (Fsp3) is 0.583. The van der Waals surface area contributed by atoms with Crippen molar-refractivity contribution in [1.29, 1.82) is 0 Å². The quantitative estimate of drug-likeness (QED) is 0.656. The number of carbonyl (C=O) groups excluding carboxylic acids is 4. The number of anilines is 2. The molecule has 9 heteroatoms. The first kappa shape index (κ1) is 22.4. The van der Waals surface area contributed by atoms with Crippen molar-refractivity contribution in [1.82, 2.24) is 10.2 Å². The number of nitrogens with zero attached hydrogens (tertiary/aromatic N) is 3. The van der Waals surface area contributed by atoms with Crippen LogP contribution in [0.15, 0.2) is 24.3 Å². The lowest BCUT2D eigenvalue weighted by atomic mass is 10.0. The minimum absolute atomic E-state index is 0.0536. The van der Waals surface area contributed by atoms with E-state index in [0.29, 0.717) is 19.5 Å². The fourth-order valence-corrected chi connectivity index (χ4v) is 6.27. The number of carbonyl (C=O) groups is 4. The molecule has 1 aromatic carbocycles. The molecule has 0 radical (unpaired) electrons. The van der Waals surface area contributed by atoms with Gasteiger partial charge in [0.25, 0.3) is 0 Å². The van der Waals surface area contributed by atoms with E-state index in [9.17, 15) is 19.2 Å². The minimum Gasteiger partial charge on any atom is -0.372 e. The summed E-state index contributed by atoms with van der Waals surface area (Å²) in [6, 6.07) is 7.27. The van der Waals surface area contributed by atoms with E-state index in [4.69, 9.17) is 0 Å². The van der Waals surface area contributed by atoms with E-state index >= 15 is 0 Å². The number of Topliss-reactive ketones (excluding diaryl/α,β-unsaturated/α-hetero) is 1. The van der Waals surface area contributed by atoms with E-state index < -0.39 is 12.0 Å². The first-order valence-corrected chi connectivity index (χ1v) is 12.9. The Kier molecular flexibility index (Phi) is 6.42. The van der Waals surface area contributed by atoms with Gasteiger partial charge in [-0.1, -0.05) is 11.8 Å². The molecule has 4 fully saturated rings. The van der Waals surface area contributed by atoms with Crippen molar-refractivity contribution in [3.63, 3.8) is 0 Å². The monoisotopic (exact) mass is 470 g/mol. The summed E-state index contributed by atoms with van der Waals surface area (Å²) >= 11 is 1.06. The Morgan fingerprint density at radius 3 is 2.33 bits per heavy atom. The van der Waals surface area contributed by atoms with Gasteiger partial charge in [0.2, 0.25) is 16.9 Å². The van der Waals surface area contributed by atoms with Crippen LogP contribution < -0.4 is 15.1 Å². The number of benzene rings is 1. The zero-order valence-corrected chi connectivity index (χ0v) is 19.5. The molecule has 3 atom stereocenters. The Hall–Kier alpha value is -2.39. The topological polar surface area (TPSA) is 90.0 Å². The van der Waals surface area contributed by atoms with Gasteiger partial charge in [0.15, 0.2) is 5.78 Å². The Bertz CT molecular complexity index is 930. The average Bonchev–Trinajstić information content (AvgIpc) is 3.56. The van der Waals surface area contributed by atoms with Crippen molar-refractivity contribution in [3.8, 4) is 0 Å². The molecule has 2 amide bonds. The molecule has 0 saturated carbocycles. The van der Waals surface area contributed by atoms with Gasteiger partial charge in [-0.2, -0.15) is 0 Å². The highest BCUT2D eigenvalue weighted by atomic mass is 32.2. The summed E-state index contributed by atoms with van der Waals surface area (Å²) in [6.45, 7) is 3.10. The van der Waals surface area contributed by atoms with Crippen LogP contribution in [0.5, 0.6) is 0 Å². The van der Waals surface area contributed by atoms with Crippen LogP contribution in [0.3, 0.4) is 0 Å². The molecule has 176 valence electrons. The first-order chi connectivity index (χ1) is 16.0. The molecule has 4 aliphatic rings. The minimum atomic E-state index is -0.753. The van der Waals surface area contributed by atoms with Crippen LogP contribution in [0.25, 0.3) is 0 Å². The molecule has 4 saturated heterocycles. The second kappa shape index (κ2) is 9.46. The molecule has 33 heavy (non-hydrogen) atoms. The van der Waals surface area contributed by atoms with Crippen molar-refractivity contribution in [3.05, 3.63) is 24.3 Å². The van der Waals surface area contributed by atoms with Gasteiger partial charge in [-0.25, -0.2) is 0 Å². The summed E-state index contributed by atoms with van der Waals surface area (Å²) in [6.07, 6.45) is 4.79. The van der Waals surface area contributed by atoms with E-state index in [2.05, 4.69) is 22.3 Å². The van der Waals surface area contributed by atoms with E-state index in [-0.39, 0.29) is 41.1 Å². The van der Waals surface area contributed by atoms with E-state index in [1.165, 1.54) is 18.5 Å². The highest BCUT2D eigenvalue weighted by Gasteiger charge is 2.43. The molecule has 3 unspecified atom stereocenters. The second-order valence-corrected chi connectivity index (χ2v) is 10.3. The van der Waals surface area contributed by atoms with E-state index in [1.54, 1.807) is 4.90 Å². The zero-order chi connectivity index (χ0) is 22.9. The average molecular weight is 471 g/mol. The molecule has 0 aromatic heterocycles. The molecular weight excluding hydrogens is 440 g/mol. The van der Waals surface area contributed by atoms with Crippen molar-refractivity contribution < 1.29 is 19.2 Å². The molecule has 1 N–H and O–H groups in total. The normalized spacial score (nSPS) is 28.7. The lowest BCUT2D eigenvalue weighted by Crippen LogP contribution is -2.58. The molecule has 0 bridgehead atoms. The molecule has 4 aliphatic heterocycles. The summed E-state index contributed by atoms with van der Waals surface area (Å²) < 4.78 is 0. The number of hydrogen-bond acceptors (Lipinski definition) is 7. The number of likely N-dealkylation sites (tertiary alicyclic amines) is 1. The molecule has 0 aliphatic carbocycles. The fourth-order valence-electron chi connectivity index (χ4n) is 5.40. The maximum absolute atomic E-state index is 13.1. The van der Waals surface area contributed by atoms with Gasteiger partial charge in [-0.3, -0.25) is 24.1 Å². The largest absolute Gasteiger partial charge is 0.372 e. The summed E-state index contributed by atoms with van der Waals surface area (Å²) in [4.78, 5) is 56.2. The van der Waals surface area contributed by atoms with Crippen LogP contribution in [-0.4, -0.2) is 71.8 Å². The van der Waals surface area contributed by atoms with Crippen LogP contribution >= 0.6 is 11.8 Å². The molecule has 1 aromatic rings.